The number of ether oxygens (including phenoxy) is 1. The quantitative estimate of drug-likeness (QED) is 0.342. The van der Waals surface area contributed by atoms with Gasteiger partial charge in [0.05, 0.1) is 17.2 Å². The van der Waals surface area contributed by atoms with Crippen molar-refractivity contribution in [2.45, 2.75) is 17.6 Å². The number of amides is 1. The maximum Gasteiger partial charge on any atom is 0.264 e. The third-order valence-corrected chi connectivity index (χ3v) is 7.83. The SMILES string of the molecule is CCOc1ccc(S(=O)(=O)N(CC(=O)NCCSCc2cccc(Cl)c2)c2ccccc2)cc1. The second kappa shape index (κ2) is 12.7. The van der Waals surface area contributed by atoms with Crippen LogP contribution in [0.1, 0.15) is 12.5 Å². The van der Waals surface area contributed by atoms with Crippen LogP contribution in [0.5, 0.6) is 5.75 Å². The molecule has 0 atom stereocenters. The van der Waals surface area contributed by atoms with Gasteiger partial charge in [-0.05, 0) is 61.0 Å². The summed E-state index contributed by atoms with van der Waals surface area (Å²) in [6, 6.07) is 22.4. The molecule has 3 aromatic carbocycles. The number of hydrogen-bond acceptors (Lipinski definition) is 5. The van der Waals surface area contributed by atoms with Crippen LogP contribution in [0.25, 0.3) is 0 Å². The molecule has 3 rings (SSSR count). The van der Waals surface area contributed by atoms with Gasteiger partial charge in [-0.3, -0.25) is 9.10 Å². The number of carbonyl (C=O) groups is 1. The summed E-state index contributed by atoms with van der Waals surface area (Å²) in [5.41, 5.74) is 1.53. The van der Waals surface area contributed by atoms with Crippen molar-refractivity contribution in [3.63, 3.8) is 0 Å². The van der Waals surface area contributed by atoms with Gasteiger partial charge in [-0.2, -0.15) is 11.8 Å². The molecule has 0 radical (unpaired) electrons. The molecule has 180 valence electrons. The van der Waals surface area contributed by atoms with E-state index < -0.39 is 10.0 Å². The number of sulfonamides is 1. The summed E-state index contributed by atoms with van der Waals surface area (Å²) in [5, 5.41) is 3.51. The molecule has 1 N–H and O–H groups in total. The van der Waals surface area contributed by atoms with Crippen LogP contribution in [-0.2, 0) is 20.6 Å². The number of thioether (sulfide) groups is 1. The second-order valence-electron chi connectivity index (χ2n) is 7.28. The molecule has 0 aliphatic rings. The highest BCUT2D eigenvalue weighted by molar-refractivity contribution is 7.98. The van der Waals surface area contributed by atoms with E-state index in [2.05, 4.69) is 5.32 Å². The molecule has 0 fully saturated rings. The molecule has 0 aliphatic carbocycles. The largest absolute Gasteiger partial charge is 0.494 e. The highest BCUT2D eigenvalue weighted by Crippen LogP contribution is 2.25. The van der Waals surface area contributed by atoms with Crippen LogP contribution in [0, 0.1) is 0 Å². The Morgan fingerprint density at radius 2 is 1.76 bits per heavy atom. The first-order chi connectivity index (χ1) is 16.4. The Kier molecular flexibility index (Phi) is 9.68. The summed E-state index contributed by atoms with van der Waals surface area (Å²) >= 11 is 7.66. The molecule has 34 heavy (non-hydrogen) atoms. The number of nitrogens with one attached hydrogen (secondary N) is 1. The van der Waals surface area contributed by atoms with E-state index in [0.717, 1.165) is 15.6 Å². The average molecular weight is 519 g/mol. The first-order valence-electron chi connectivity index (χ1n) is 10.8. The van der Waals surface area contributed by atoms with Crippen molar-refractivity contribution < 1.29 is 17.9 Å². The fraction of sp³-hybridized carbons (Fsp3) is 0.240. The normalized spacial score (nSPS) is 11.1. The molecular weight excluding hydrogens is 492 g/mol. The van der Waals surface area contributed by atoms with Crippen molar-refractivity contribution >= 4 is 45.0 Å². The summed E-state index contributed by atoms with van der Waals surface area (Å²) < 4.78 is 33.3. The lowest BCUT2D eigenvalue weighted by molar-refractivity contribution is -0.119. The summed E-state index contributed by atoms with van der Waals surface area (Å²) in [6.45, 7) is 2.45. The minimum Gasteiger partial charge on any atom is -0.494 e. The number of rotatable bonds is 12. The first kappa shape index (κ1) is 25.9. The van der Waals surface area contributed by atoms with Crippen molar-refractivity contribution in [1.82, 2.24) is 5.32 Å². The van der Waals surface area contributed by atoms with Crippen molar-refractivity contribution in [2.24, 2.45) is 0 Å². The molecule has 0 heterocycles. The number of nitrogens with zero attached hydrogens (tertiary/aromatic N) is 1. The molecule has 0 spiro atoms. The van der Waals surface area contributed by atoms with E-state index in [9.17, 15) is 13.2 Å². The molecule has 6 nitrogen and oxygen atoms in total. The molecule has 1 amide bonds. The van der Waals surface area contributed by atoms with Crippen LogP contribution in [-0.4, -0.2) is 39.8 Å². The average Bonchev–Trinajstić information content (AvgIpc) is 2.83. The molecule has 0 unspecified atom stereocenters. The van der Waals surface area contributed by atoms with Gasteiger partial charge in [0.25, 0.3) is 10.0 Å². The Bertz CT molecular complexity index is 1170. The molecule has 0 aromatic heterocycles. The van der Waals surface area contributed by atoms with Crippen LogP contribution in [0.3, 0.4) is 0 Å². The minimum atomic E-state index is -3.96. The number of benzene rings is 3. The second-order valence-corrected chi connectivity index (χ2v) is 10.7. The van der Waals surface area contributed by atoms with Gasteiger partial charge in [0.2, 0.25) is 5.91 Å². The Morgan fingerprint density at radius 1 is 1.03 bits per heavy atom. The van der Waals surface area contributed by atoms with Gasteiger partial charge in [-0.15, -0.1) is 0 Å². The van der Waals surface area contributed by atoms with E-state index in [1.807, 2.05) is 31.2 Å². The molecule has 0 saturated carbocycles. The summed E-state index contributed by atoms with van der Waals surface area (Å²) in [4.78, 5) is 12.7. The number of halogens is 1. The van der Waals surface area contributed by atoms with Crippen molar-refractivity contribution in [2.75, 3.05) is 29.8 Å². The maximum atomic E-state index is 13.4. The highest BCUT2D eigenvalue weighted by atomic mass is 35.5. The minimum absolute atomic E-state index is 0.0877. The molecule has 3 aromatic rings. The number of anilines is 1. The lowest BCUT2D eigenvalue weighted by Crippen LogP contribution is -2.41. The zero-order chi connectivity index (χ0) is 24.4. The molecule has 0 saturated heterocycles. The van der Waals surface area contributed by atoms with E-state index in [1.165, 1.54) is 12.1 Å². The lowest BCUT2D eigenvalue weighted by Gasteiger charge is -2.24. The van der Waals surface area contributed by atoms with E-state index in [0.29, 0.717) is 35.4 Å². The third-order valence-electron chi connectivity index (χ3n) is 4.78. The zero-order valence-electron chi connectivity index (χ0n) is 18.8. The van der Waals surface area contributed by atoms with Crippen LogP contribution in [0.4, 0.5) is 5.69 Å². The Morgan fingerprint density at radius 3 is 2.44 bits per heavy atom. The van der Waals surface area contributed by atoms with Crippen LogP contribution >= 0.6 is 23.4 Å². The predicted molar refractivity (Wildman–Crippen MR) is 139 cm³/mol. The molecule has 9 heteroatoms. The highest BCUT2D eigenvalue weighted by Gasteiger charge is 2.27. The Labute approximate surface area is 210 Å². The first-order valence-corrected chi connectivity index (χ1v) is 13.8. The maximum absolute atomic E-state index is 13.4. The van der Waals surface area contributed by atoms with Crippen LogP contribution in [0.2, 0.25) is 5.02 Å². The van der Waals surface area contributed by atoms with Gasteiger partial charge in [0, 0.05) is 23.1 Å². The van der Waals surface area contributed by atoms with E-state index in [1.54, 1.807) is 54.2 Å². The summed E-state index contributed by atoms with van der Waals surface area (Å²) in [6.07, 6.45) is 0. The number of para-hydroxylation sites is 1. The Hall–Kier alpha value is -2.68. The monoisotopic (exact) mass is 518 g/mol. The molecule has 0 aliphatic heterocycles. The van der Waals surface area contributed by atoms with Crippen LogP contribution in [0.15, 0.2) is 83.8 Å². The topological polar surface area (TPSA) is 75.7 Å². The number of hydrogen-bond donors (Lipinski definition) is 1. The van der Waals surface area contributed by atoms with Gasteiger partial charge >= 0.3 is 0 Å². The third kappa shape index (κ3) is 7.41. The molecule has 0 bridgehead atoms. The van der Waals surface area contributed by atoms with Crippen LogP contribution < -0.4 is 14.4 Å². The van der Waals surface area contributed by atoms with E-state index in [-0.39, 0.29) is 17.3 Å². The zero-order valence-corrected chi connectivity index (χ0v) is 21.2. The van der Waals surface area contributed by atoms with Crippen molar-refractivity contribution in [1.29, 1.82) is 0 Å². The van der Waals surface area contributed by atoms with E-state index in [4.69, 9.17) is 16.3 Å². The van der Waals surface area contributed by atoms with Crippen molar-refractivity contribution in [3.05, 3.63) is 89.4 Å². The van der Waals surface area contributed by atoms with Gasteiger partial charge in [-0.25, -0.2) is 8.42 Å². The fourth-order valence-corrected chi connectivity index (χ4v) is 5.62. The fourth-order valence-electron chi connectivity index (χ4n) is 3.18. The smallest absolute Gasteiger partial charge is 0.264 e. The van der Waals surface area contributed by atoms with Gasteiger partial charge < -0.3 is 10.1 Å². The summed E-state index contributed by atoms with van der Waals surface area (Å²) in [5.74, 6) is 1.68. The predicted octanol–water partition coefficient (Wildman–Crippen LogP) is 4.98. The lowest BCUT2D eigenvalue weighted by atomic mass is 10.2. The van der Waals surface area contributed by atoms with Gasteiger partial charge in [0.1, 0.15) is 12.3 Å². The summed E-state index contributed by atoms with van der Waals surface area (Å²) in [7, 11) is -3.96. The van der Waals surface area contributed by atoms with Gasteiger partial charge in [-0.1, -0.05) is 41.9 Å². The number of carbonyl (C=O) groups excluding carboxylic acids is 1. The van der Waals surface area contributed by atoms with E-state index >= 15 is 0 Å². The van der Waals surface area contributed by atoms with Crippen molar-refractivity contribution in [3.8, 4) is 5.75 Å². The standard InChI is InChI=1S/C25H27ClN2O4S2/c1-2-32-23-11-13-24(14-12-23)34(30,31)28(22-9-4-3-5-10-22)18-25(29)27-15-16-33-19-20-7-6-8-21(26)17-20/h3-14,17H,2,15-16,18-19H2,1H3,(H,27,29). The Balaban J connectivity index is 1.62. The van der Waals surface area contributed by atoms with Gasteiger partial charge in [0.15, 0.2) is 0 Å². The molecular formula is C25H27ClN2O4S2.